The lowest BCUT2D eigenvalue weighted by Crippen LogP contribution is -2.38. The summed E-state index contributed by atoms with van der Waals surface area (Å²) in [5.74, 6) is 0.660. The molecular formula is C22H32IN5O3S. The van der Waals surface area contributed by atoms with Gasteiger partial charge in [-0.1, -0.05) is 24.3 Å². The third-order valence-electron chi connectivity index (χ3n) is 4.55. The Bertz CT molecular complexity index is 1010. The van der Waals surface area contributed by atoms with Crippen LogP contribution in [0.25, 0.3) is 0 Å². The summed E-state index contributed by atoms with van der Waals surface area (Å²) >= 11 is 0. The molecule has 1 amide bonds. The first-order valence-electron chi connectivity index (χ1n) is 10.1. The van der Waals surface area contributed by atoms with Crippen LogP contribution in [0.2, 0.25) is 0 Å². The van der Waals surface area contributed by atoms with E-state index >= 15 is 0 Å². The van der Waals surface area contributed by atoms with Crippen LogP contribution in [0.3, 0.4) is 0 Å². The van der Waals surface area contributed by atoms with Gasteiger partial charge in [0.2, 0.25) is 10.0 Å². The molecule has 0 heterocycles. The lowest BCUT2D eigenvalue weighted by Gasteiger charge is -2.13. The van der Waals surface area contributed by atoms with Crippen LogP contribution in [0.4, 0.5) is 0 Å². The van der Waals surface area contributed by atoms with Crippen molar-refractivity contribution in [1.29, 1.82) is 0 Å². The van der Waals surface area contributed by atoms with E-state index in [4.69, 9.17) is 0 Å². The van der Waals surface area contributed by atoms with Gasteiger partial charge >= 0.3 is 0 Å². The van der Waals surface area contributed by atoms with E-state index in [0.29, 0.717) is 24.6 Å². The first-order chi connectivity index (χ1) is 14.8. The van der Waals surface area contributed by atoms with Crippen LogP contribution in [0.15, 0.2) is 58.4 Å². The van der Waals surface area contributed by atoms with Crippen molar-refractivity contribution in [2.75, 3.05) is 34.2 Å². The number of benzene rings is 2. The Morgan fingerprint density at radius 3 is 2.31 bits per heavy atom. The van der Waals surface area contributed by atoms with Gasteiger partial charge in [0, 0.05) is 32.7 Å². The van der Waals surface area contributed by atoms with Gasteiger partial charge in [-0.15, -0.1) is 24.0 Å². The Morgan fingerprint density at radius 2 is 1.72 bits per heavy atom. The number of guanidine groups is 1. The second kappa shape index (κ2) is 13.4. The van der Waals surface area contributed by atoms with Gasteiger partial charge in [0.25, 0.3) is 5.91 Å². The Labute approximate surface area is 208 Å². The smallest absolute Gasteiger partial charge is 0.253 e. The number of rotatable bonds is 9. The van der Waals surface area contributed by atoms with Crippen LogP contribution in [0.5, 0.6) is 0 Å². The molecule has 0 aliphatic carbocycles. The predicted octanol–water partition coefficient (Wildman–Crippen LogP) is 2.21. The van der Waals surface area contributed by atoms with Crippen molar-refractivity contribution >= 4 is 45.9 Å². The van der Waals surface area contributed by atoms with Gasteiger partial charge < -0.3 is 15.5 Å². The largest absolute Gasteiger partial charge is 0.357 e. The summed E-state index contributed by atoms with van der Waals surface area (Å²) in [6.45, 7) is 3.79. The summed E-state index contributed by atoms with van der Waals surface area (Å²) in [4.78, 5) is 18.5. The highest BCUT2D eigenvalue weighted by Crippen LogP contribution is 2.11. The zero-order valence-corrected chi connectivity index (χ0v) is 22.0. The van der Waals surface area contributed by atoms with Gasteiger partial charge in [-0.25, -0.2) is 18.1 Å². The highest BCUT2D eigenvalue weighted by Gasteiger charge is 2.10. The Morgan fingerprint density at radius 1 is 1.03 bits per heavy atom. The molecule has 0 radical (unpaired) electrons. The molecule has 0 aliphatic heterocycles. The van der Waals surface area contributed by atoms with Crippen molar-refractivity contribution in [1.82, 2.24) is 20.3 Å². The molecular weight excluding hydrogens is 541 g/mol. The average molecular weight is 574 g/mol. The van der Waals surface area contributed by atoms with Crippen molar-refractivity contribution < 1.29 is 13.2 Å². The SMILES string of the molecule is CCNC(=NCc1ccc(S(=O)(=O)NC)cc1)NCCc1cccc(C(=O)N(C)C)c1.I. The van der Waals surface area contributed by atoms with Gasteiger partial charge in [-0.2, -0.15) is 0 Å². The Kier molecular flexibility index (Phi) is 11.7. The fraction of sp³-hybridized carbons (Fsp3) is 0.364. The number of hydrogen-bond acceptors (Lipinski definition) is 4. The highest BCUT2D eigenvalue weighted by atomic mass is 127. The minimum absolute atomic E-state index is 0. The third kappa shape index (κ3) is 8.40. The van der Waals surface area contributed by atoms with Crippen molar-refractivity contribution in [3.8, 4) is 0 Å². The van der Waals surface area contributed by atoms with Crippen molar-refractivity contribution in [3.05, 3.63) is 65.2 Å². The van der Waals surface area contributed by atoms with Crippen LogP contribution in [0, 0.1) is 0 Å². The molecule has 8 nitrogen and oxygen atoms in total. The van der Waals surface area contributed by atoms with E-state index < -0.39 is 10.0 Å². The van der Waals surface area contributed by atoms with Crippen molar-refractivity contribution in [2.24, 2.45) is 4.99 Å². The molecule has 0 spiro atoms. The molecule has 0 unspecified atom stereocenters. The molecule has 0 aromatic heterocycles. The molecule has 2 rings (SSSR count). The summed E-state index contributed by atoms with van der Waals surface area (Å²) in [5.41, 5.74) is 2.64. The van der Waals surface area contributed by atoms with Gasteiger partial charge in [-0.05, 0) is 55.8 Å². The zero-order chi connectivity index (χ0) is 22.9. The molecule has 0 saturated carbocycles. The maximum Gasteiger partial charge on any atom is 0.253 e. The number of nitrogens with zero attached hydrogens (tertiary/aromatic N) is 2. The molecule has 10 heteroatoms. The molecule has 32 heavy (non-hydrogen) atoms. The maximum absolute atomic E-state index is 12.1. The summed E-state index contributed by atoms with van der Waals surface area (Å²) in [5, 5.41) is 6.49. The van der Waals surface area contributed by atoms with Gasteiger partial charge in [0.1, 0.15) is 0 Å². The lowest BCUT2D eigenvalue weighted by molar-refractivity contribution is 0.0827. The lowest BCUT2D eigenvalue weighted by atomic mass is 10.1. The molecule has 2 aromatic rings. The number of hydrogen-bond donors (Lipinski definition) is 3. The van der Waals surface area contributed by atoms with E-state index in [-0.39, 0.29) is 34.8 Å². The van der Waals surface area contributed by atoms with E-state index in [9.17, 15) is 13.2 Å². The van der Waals surface area contributed by atoms with E-state index in [2.05, 4.69) is 20.3 Å². The second-order valence-electron chi connectivity index (χ2n) is 7.12. The number of nitrogens with one attached hydrogen (secondary N) is 3. The molecule has 0 saturated heterocycles. The predicted molar refractivity (Wildman–Crippen MR) is 139 cm³/mol. The zero-order valence-electron chi connectivity index (χ0n) is 18.9. The number of carbonyl (C=O) groups is 1. The summed E-state index contributed by atoms with van der Waals surface area (Å²) in [6.07, 6.45) is 0.746. The molecule has 0 atom stereocenters. The molecule has 176 valence electrons. The average Bonchev–Trinajstić information content (AvgIpc) is 2.77. The van der Waals surface area contributed by atoms with Crippen LogP contribution < -0.4 is 15.4 Å². The first-order valence-corrected chi connectivity index (χ1v) is 11.6. The maximum atomic E-state index is 12.1. The number of amides is 1. The van der Waals surface area contributed by atoms with Crippen molar-refractivity contribution in [3.63, 3.8) is 0 Å². The summed E-state index contributed by atoms with van der Waals surface area (Å²) < 4.78 is 25.9. The standard InChI is InChI=1S/C22H31N5O3S.HI/c1-5-24-22(26-16-18-9-11-20(12-10-18)31(29,30)23-2)25-14-13-17-7-6-8-19(15-17)21(28)27(3)4;/h6-12,15,23H,5,13-14,16H2,1-4H3,(H2,24,25,26);1H. The Balaban J connectivity index is 0.00000512. The highest BCUT2D eigenvalue weighted by molar-refractivity contribution is 14.0. The number of aliphatic imine (C=N–C) groups is 1. The summed E-state index contributed by atoms with van der Waals surface area (Å²) in [6, 6.07) is 14.3. The monoisotopic (exact) mass is 573 g/mol. The number of halogens is 1. The molecule has 0 fully saturated rings. The molecule has 3 N–H and O–H groups in total. The van der Waals surface area contributed by atoms with E-state index in [0.717, 1.165) is 24.1 Å². The quantitative estimate of drug-likeness (QED) is 0.243. The number of carbonyl (C=O) groups excluding carboxylic acids is 1. The van der Waals surface area contributed by atoms with Crippen LogP contribution in [0.1, 0.15) is 28.4 Å². The number of sulfonamides is 1. The fourth-order valence-corrected chi connectivity index (χ4v) is 3.58. The Hall–Kier alpha value is -2.18. The summed E-state index contributed by atoms with van der Waals surface area (Å²) in [7, 11) is 1.42. The van der Waals surface area contributed by atoms with Gasteiger partial charge in [-0.3, -0.25) is 4.79 Å². The van der Waals surface area contributed by atoms with E-state index in [1.165, 1.54) is 7.05 Å². The fourth-order valence-electron chi connectivity index (χ4n) is 2.85. The third-order valence-corrected chi connectivity index (χ3v) is 5.98. The van der Waals surface area contributed by atoms with Crippen molar-refractivity contribution in [2.45, 2.75) is 24.8 Å². The van der Waals surface area contributed by atoms with E-state index in [1.807, 2.05) is 31.2 Å². The molecule has 0 aliphatic rings. The first kappa shape index (κ1) is 27.9. The van der Waals surface area contributed by atoms with Gasteiger partial charge in [0.15, 0.2) is 5.96 Å². The topological polar surface area (TPSA) is 103 Å². The normalized spacial score (nSPS) is 11.4. The van der Waals surface area contributed by atoms with Crippen LogP contribution in [-0.2, 0) is 23.0 Å². The van der Waals surface area contributed by atoms with Gasteiger partial charge in [0.05, 0.1) is 11.4 Å². The van der Waals surface area contributed by atoms with Crippen LogP contribution in [-0.4, -0.2) is 59.4 Å². The van der Waals surface area contributed by atoms with Crippen LogP contribution >= 0.6 is 24.0 Å². The minimum Gasteiger partial charge on any atom is -0.357 e. The minimum atomic E-state index is -3.44. The van der Waals surface area contributed by atoms with E-state index in [1.54, 1.807) is 43.3 Å². The molecule has 0 bridgehead atoms. The second-order valence-corrected chi connectivity index (χ2v) is 9.01. The molecule has 2 aromatic carbocycles.